The Morgan fingerprint density at radius 1 is 1.57 bits per heavy atom. The molecule has 0 atom stereocenters. The lowest BCUT2D eigenvalue weighted by Crippen LogP contribution is -2.04. The van der Waals surface area contributed by atoms with Gasteiger partial charge in [-0.05, 0) is 6.42 Å². The normalized spacial score (nSPS) is 10.5. The van der Waals surface area contributed by atoms with Crippen molar-refractivity contribution in [3.63, 3.8) is 0 Å². The number of imidazole rings is 1. The van der Waals surface area contributed by atoms with Gasteiger partial charge >= 0.3 is 0 Å². The topological polar surface area (TPSA) is 41.6 Å². The molecule has 1 rings (SSSR count). The van der Waals surface area contributed by atoms with Crippen LogP contribution in [-0.4, -0.2) is 9.55 Å². The van der Waals surface area contributed by atoms with E-state index in [1.54, 1.807) is 0 Å². The summed E-state index contributed by atoms with van der Waals surface area (Å²) in [7, 11) is 0. The molecule has 0 bridgehead atoms. The summed E-state index contributed by atoms with van der Waals surface area (Å²) < 4.78 is 2.10. The van der Waals surface area contributed by atoms with E-state index in [1.807, 2.05) is 0 Å². The van der Waals surface area contributed by atoms with Gasteiger partial charge in [-0.3, -0.25) is 0 Å². The van der Waals surface area contributed by atoms with Crippen LogP contribution in [0.4, 0.5) is 0 Å². The molecule has 3 nitrogen and oxygen atoms in total. The Labute approximate surface area is 85.4 Å². The van der Waals surface area contributed by atoms with Crippen LogP contribution >= 0.6 is 0 Å². The zero-order valence-corrected chi connectivity index (χ0v) is 9.12. The average Bonchev–Trinajstić information content (AvgIpc) is 2.58. The van der Waals surface area contributed by atoms with Crippen molar-refractivity contribution in [2.24, 2.45) is 0 Å². The van der Waals surface area contributed by atoms with Crippen molar-refractivity contribution < 1.29 is 0 Å². The molecule has 0 aliphatic rings. The van der Waals surface area contributed by atoms with Crippen LogP contribution in [0.5, 0.6) is 0 Å². The summed E-state index contributed by atoms with van der Waals surface area (Å²) >= 11 is 0. The molecule has 0 N–H and O–H groups in total. The van der Waals surface area contributed by atoms with Gasteiger partial charge in [-0.1, -0.05) is 20.8 Å². The summed E-state index contributed by atoms with van der Waals surface area (Å²) in [6.07, 6.45) is 3.57. The van der Waals surface area contributed by atoms with Crippen molar-refractivity contribution in [2.75, 3.05) is 0 Å². The molecule has 1 heterocycles. The predicted molar refractivity (Wildman–Crippen MR) is 55.9 cm³/mol. The Morgan fingerprint density at radius 3 is 2.79 bits per heavy atom. The van der Waals surface area contributed by atoms with Crippen LogP contribution in [0.3, 0.4) is 0 Å². The second-order valence-electron chi connectivity index (χ2n) is 3.70. The molecule has 0 unspecified atom stereocenters. The summed E-state index contributed by atoms with van der Waals surface area (Å²) in [4.78, 5) is 4.53. The molecule has 3 heteroatoms. The highest BCUT2D eigenvalue weighted by Crippen LogP contribution is 2.15. The van der Waals surface area contributed by atoms with Crippen LogP contribution < -0.4 is 0 Å². The number of hydrogen-bond donors (Lipinski definition) is 0. The lowest BCUT2D eigenvalue weighted by Gasteiger charge is -2.07. The van der Waals surface area contributed by atoms with Crippen molar-refractivity contribution in [3.05, 3.63) is 17.7 Å². The number of rotatable bonds is 4. The van der Waals surface area contributed by atoms with E-state index >= 15 is 0 Å². The Bertz CT molecular complexity index is 331. The SMILES string of the molecule is CCc1cn(CCC#N)c(C(C)C)n1. The third-order valence-electron chi connectivity index (χ3n) is 2.20. The van der Waals surface area contributed by atoms with Crippen LogP contribution in [0.25, 0.3) is 0 Å². The van der Waals surface area contributed by atoms with Crippen molar-refractivity contribution in [2.45, 2.75) is 46.1 Å². The predicted octanol–water partition coefficient (Wildman–Crippen LogP) is 2.48. The summed E-state index contributed by atoms with van der Waals surface area (Å²) in [6.45, 7) is 7.12. The highest BCUT2D eigenvalue weighted by molar-refractivity contribution is 5.07. The minimum atomic E-state index is 0.425. The fraction of sp³-hybridized carbons (Fsp3) is 0.636. The van der Waals surface area contributed by atoms with E-state index in [-0.39, 0.29) is 0 Å². The molecule has 0 aliphatic carbocycles. The lowest BCUT2D eigenvalue weighted by molar-refractivity contribution is 0.629. The van der Waals surface area contributed by atoms with Crippen LogP contribution in [-0.2, 0) is 13.0 Å². The van der Waals surface area contributed by atoms with Gasteiger partial charge in [0.05, 0.1) is 18.2 Å². The van der Waals surface area contributed by atoms with Gasteiger partial charge in [0.15, 0.2) is 0 Å². The summed E-state index contributed by atoms with van der Waals surface area (Å²) in [5, 5.41) is 8.54. The molecule has 0 aliphatic heterocycles. The summed E-state index contributed by atoms with van der Waals surface area (Å²) in [6, 6.07) is 2.16. The van der Waals surface area contributed by atoms with E-state index in [2.05, 4.69) is 42.6 Å². The van der Waals surface area contributed by atoms with Crippen LogP contribution in [0.15, 0.2) is 6.20 Å². The minimum Gasteiger partial charge on any atom is -0.333 e. The van der Waals surface area contributed by atoms with Gasteiger partial charge in [0, 0.05) is 18.7 Å². The maximum absolute atomic E-state index is 8.54. The van der Waals surface area contributed by atoms with Gasteiger partial charge in [-0.2, -0.15) is 5.26 Å². The Morgan fingerprint density at radius 2 is 2.29 bits per heavy atom. The summed E-state index contributed by atoms with van der Waals surface area (Å²) in [5.74, 6) is 1.52. The van der Waals surface area contributed by atoms with Gasteiger partial charge in [0.2, 0.25) is 0 Å². The van der Waals surface area contributed by atoms with Gasteiger partial charge in [-0.25, -0.2) is 4.98 Å². The van der Waals surface area contributed by atoms with Crippen LogP contribution in [0.2, 0.25) is 0 Å². The molecule has 14 heavy (non-hydrogen) atoms. The van der Waals surface area contributed by atoms with Crippen molar-refractivity contribution >= 4 is 0 Å². The number of aryl methyl sites for hydroxylation is 2. The van der Waals surface area contributed by atoms with Gasteiger partial charge in [0.25, 0.3) is 0 Å². The fourth-order valence-electron chi connectivity index (χ4n) is 1.47. The highest BCUT2D eigenvalue weighted by atomic mass is 15.1. The number of aromatic nitrogens is 2. The lowest BCUT2D eigenvalue weighted by atomic mass is 10.2. The smallest absolute Gasteiger partial charge is 0.111 e. The van der Waals surface area contributed by atoms with Crippen LogP contribution in [0, 0.1) is 11.3 Å². The monoisotopic (exact) mass is 191 g/mol. The first kappa shape index (κ1) is 10.8. The van der Waals surface area contributed by atoms with Crippen molar-refractivity contribution in [3.8, 4) is 6.07 Å². The van der Waals surface area contributed by atoms with Gasteiger partial charge < -0.3 is 4.57 Å². The molecule has 1 aromatic heterocycles. The second kappa shape index (κ2) is 4.80. The van der Waals surface area contributed by atoms with Crippen LogP contribution in [0.1, 0.15) is 44.6 Å². The number of nitrogens with zero attached hydrogens (tertiary/aromatic N) is 3. The molecule has 0 fully saturated rings. The first-order valence-corrected chi connectivity index (χ1v) is 5.12. The van der Waals surface area contributed by atoms with E-state index < -0.39 is 0 Å². The van der Waals surface area contributed by atoms with Gasteiger partial charge in [-0.15, -0.1) is 0 Å². The van der Waals surface area contributed by atoms with E-state index in [0.717, 1.165) is 24.5 Å². The maximum atomic E-state index is 8.54. The van der Waals surface area contributed by atoms with Gasteiger partial charge in [0.1, 0.15) is 5.82 Å². The standard InChI is InChI=1S/C11H17N3/c1-4-10-8-14(7-5-6-12)11(13-10)9(2)3/h8-9H,4-5,7H2,1-3H3. The largest absolute Gasteiger partial charge is 0.333 e. The first-order chi connectivity index (χ1) is 6.69. The molecular formula is C11H17N3. The molecule has 0 spiro atoms. The zero-order valence-electron chi connectivity index (χ0n) is 9.12. The fourth-order valence-corrected chi connectivity index (χ4v) is 1.47. The molecule has 76 valence electrons. The maximum Gasteiger partial charge on any atom is 0.111 e. The van der Waals surface area contributed by atoms with E-state index in [4.69, 9.17) is 5.26 Å². The number of hydrogen-bond acceptors (Lipinski definition) is 2. The third-order valence-corrected chi connectivity index (χ3v) is 2.20. The highest BCUT2D eigenvalue weighted by Gasteiger charge is 2.09. The number of nitriles is 1. The molecular weight excluding hydrogens is 174 g/mol. The third kappa shape index (κ3) is 2.35. The Kier molecular flexibility index (Phi) is 3.70. The zero-order chi connectivity index (χ0) is 10.6. The molecule has 0 amide bonds. The Balaban J connectivity index is 2.89. The molecule has 0 radical (unpaired) electrons. The van der Waals surface area contributed by atoms with Crippen molar-refractivity contribution in [1.29, 1.82) is 5.26 Å². The second-order valence-corrected chi connectivity index (χ2v) is 3.70. The minimum absolute atomic E-state index is 0.425. The molecule has 1 aromatic rings. The summed E-state index contributed by atoms with van der Waals surface area (Å²) in [5.41, 5.74) is 1.12. The van der Waals surface area contributed by atoms with E-state index in [0.29, 0.717) is 12.3 Å². The molecule has 0 aromatic carbocycles. The Hall–Kier alpha value is -1.30. The molecule has 0 saturated carbocycles. The first-order valence-electron chi connectivity index (χ1n) is 5.12. The molecule has 0 saturated heterocycles. The van der Waals surface area contributed by atoms with E-state index in [1.165, 1.54) is 0 Å². The van der Waals surface area contributed by atoms with E-state index in [9.17, 15) is 0 Å². The average molecular weight is 191 g/mol. The quantitative estimate of drug-likeness (QED) is 0.733. The van der Waals surface area contributed by atoms with Crippen molar-refractivity contribution in [1.82, 2.24) is 9.55 Å².